The Morgan fingerprint density at radius 2 is 2.11 bits per heavy atom. The molecule has 0 saturated carbocycles. The van der Waals surface area contributed by atoms with Gasteiger partial charge in [-0.3, -0.25) is 0 Å². The van der Waals surface area contributed by atoms with E-state index in [4.69, 9.17) is 6.42 Å². The van der Waals surface area contributed by atoms with Crippen LogP contribution in [0.2, 0.25) is 0 Å². The molecule has 1 rings (SSSR count). The van der Waals surface area contributed by atoms with E-state index in [1.54, 1.807) is 24.3 Å². The normalized spacial score (nSPS) is 12.2. The van der Waals surface area contributed by atoms with Gasteiger partial charge in [0.25, 0.3) is 0 Å². The lowest BCUT2D eigenvalue weighted by molar-refractivity contribution is -0.0507. The van der Waals surface area contributed by atoms with Gasteiger partial charge in [-0.15, -0.1) is 12.3 Å². The number of alkyl halides is 2. The summed E-state index contributed by atoms with van der Waals surface area (Å²) in [6, 6.07) is 6.73. The highest BCUT2D eigenvalue weighted by molar-refractivity contribution is 5.36. The molecular weight excluding hydrogens is 236 g/mol. The number of nitrogens with one attached hydrogen (secondary N) is 1. The molecule has 98 valence electrons. The van der Waals surface area contributed by atoms with E-state index in [-0.39, 0.29) is 11.8 Å². The van der Waals surface area contributed by atoms with E-state index in [0.29, 0.717) is 12.8 Å². The van der Waals surface area contributed by atoms with Gasteiger partial charge in [-0.05, 0) is 19.0 Å². The molecule has 1 atom stereocenters. The number of para-hydroxylation sites is 1. The summed E-state index contributed by atoms with van der Waals surface area (Å²) >= 11 is 0. The highest BCUT2D eigenvalue weighted by Gasteiger charge is 2.16. The fourth-order valence-corrected chi connectivity index (χ4v) is 1.81. The van der Waals surface area contributed by atoms with Crippen LogP contribution in [-0.2, 0) is 0 Å². The van der Waals surface area contributed by atoms with Crippen molar-refractivity contribution in [3.8, 4) is 18.1 Å². The van der Waals surface area contributed by atoms with E-state index < -0.39 is 6.61 Å². The fourth-order valence-electron chi connectivity index (χ4n) is 1.81. The predicted octanol–water partition coefficient (Wildman–Crippen LogP) is 3.35. The van der Waals surface area contributed by atoms with Gasteiger partial charge in [0, 0.05) is 18.0 Å². The first-order valence-electron chi connectivity index (χ1n) is 5.89. The maximum absolute atomic E-state index is 12.3. The maximum atomic E-state index is 12.3. The highest BCUT2D eigenvalue weighted by atomic mass is 19.3. The van der Waals surface area contributed by atoms with Crippen LogP contribution >= 0.6 is 0 Å². The van der Waals surface area contributed by atoms with Gasteiger partial charge in [0.1, 0.15) is 5.75 Å². The van der Waals surface area contributed by atoms with Gasteiger partial charge in [-0.25, -0.2) is 0 Å². The maximum Gasteiger partial charge on any atom is 0.387 e. The van der Waals surface area contributed by atoms with Gasteiger partial charge in [0.05, 0.1) is 0 Å². The quantitative estimate of drug-likeness (QED) is 0.752. The van der Waals surface area contributed by atoms with E-state index in [2.05, 4.69) is 16.0 Å². The third-order valence-corrected chi connectivity index (χ3v) is 2.54. The minimum absolute atomic E-state index is 0.0685. The zero-order chi connectivity index (χ0) is 13.4. The van der Waals surface area contributed by atoms with Crippen LogP contribution in [0.1, 0.15) is 31.4 Å². The molecule has 0 aliphatic rings. The molecule has 0 aliphatic carbocycles. The van der Waals surface area contributed by atoms with Crippen molar-refractivity contribution in [3.63, 3.8) is 0 Å². The van der Waals surface area contributed by atoms with Crippen molar-refractivity contribution in [2.24, 2.45) is 0 Å². The lowest BCUT2D eigenvalue weighted by Crippen LogP contribution is -2.22. The summed E-state index contributed by atoms with van der Waals surface area (Å²) in [7, 11) is 0. The number of hydrogen-bond donors (Lipinski definition) is 1. The molecule has 0 spiro atoms. The molecule has 0 radical (unpaired) electrons. The van der Waals surface area contributed by atoms with Crippen molar-refractivity contribution in [2.75, 3.05) is 6.54 Å². The smallest absolute Gasteiger partial charge is 0.387 e. The number of halogens is 2. The minimum atomic E-state index is -2.82. The largest absolute Gasteiger partial charge is 0.434 e. The highest BCUT2D eigenvalue weighted by Crippen LogP contribution is 2.29. The van der Waals surface area contributed by atoms with Crippen LogP contribution in [-0.4, -0.2) is 13.2 Å². The molecule has 1 aromatic rings. The van der Waals surface area contributed by atoms with Gasteiger partial charge >= 0.3 is 6.61 Å². The number of terminal acetylenes is 1. The molecule has 0 amide bonds. The summed E-state index contributed by atoms with van der Waals surface area (Å²) in [6.07, 6.45) is 6.51. The molecule has 1 aromatic carbocycles. The second-order valence-corrected chi connectivity index (χ2v) is 3.77. The Hall–Kier alpha value is -1.60. The Morgan fingerprint density at radius 1 is 1.39 bits per heavy atom. The van der Waals surface area contributed by atoms with E-state index >= 15 is 0 Å². The van der Waals surface area contributed by atoms with Crippen molar-refractivity contribution in [2.45, 2.75) is 32.4 Å². The molecule has 0 saturated heterocycles. The second-order valence-electron chi connectivity index (χ2n) is 3.77. The fraction of sp³-hybridized carbons (Fsp3) is 0.429. The third-order valence-electron chi connectivity index (χ3n) is 2.54. The number of benzene rings is 1. The average molecular weight is 253 g/mol. The Morgan fingerprint density at radius 3 is 2.72 bits per heavy atom. The molecular formula is C14H17F2NO. The molecule has 1 unspecified atom stereocenters. The third kappa shape index (κ3) is 4.34. The Balaban J connectivity index is 2.91. The predicted molar refractivity (Wildman–Crippen MR) is 67.6 cm³/mol. The second kappa shape index (κ2) is 7.67. The van der Waals surface area contributed by atoms with Crippen LogP contribution in [0.15, 0.2) is 24.3 Å². The first-order valence-corrected chi connectivity index (χ1v) is 5.89. The van der Waals surface area contributed by atoms with Crippen molar-refractivity contribution in [1.29, 1.82) is 0 Å². The standard InChI is InChI=1S/C14H17F2NO/c1-3-5-9-12(17-4-2)11-8-6-7-10-13(11)18-14(15)16/h1,6-8,10,12,14,17H,4-5,9H2,2H3. The van der Waals surface area contributed by atoms with Gasteiger partial charge < -0.3 is 10.1 Å². The van der Waals surface area contributed by atoms with Crippen molar-refractivity contribution < 1.29 is 13.5 Å². The number of hydrogen-bond acceptors (Lipinski definition) is 2. The molecule has 0 aliphatic heterocycles. The van der Waals surface area contributed by atoms with Crippen LogP contribution < -0.4 is 10.1 Å². The molecule has 18 heavy (non-hydrogen) atoms. The first kappa shape index (κ1) is 14.5. The molecule has 2 nitrogen and oxygen atoms in total. The zero-order valence-corrected chi connectivity index (χ0v) is 10.3. The van der Waals surface area contributed by atoms with Crippen molar-refractivity contribution >= 4 is 0 Å². The monoisotopic (exact) mass is 253 g/mol. The van der Waals surface area contributed by atoms with Gasteiger partial charge in [0.2, 0.25) is 0 Å². The minimum Gasteiger partial charge on any atom is -0.434 e. The average Bonchev–Trinajstić information content (AvgIpc) is 2.35. The van der Waals surface area contributed by atoms with E-state index in [9.17, 15) is 8.78 Å². The van der Waals surface area contributed by atoms with E-state index in [1.807, 2.05) is 6.92 Å². The summed E-state index contributed by atoms with van der Waals surface area (Å²) in [5, 5.41) is 3.23. The SMILES string of the molecule is C#CCCC(NCC)c1ccccc1OC(F)F. The summed E-state index contributed by atoms with van der Waals surface area (Å²) in [5.41, 5.74) is 0.718. The zero-order valence-electron chi connectivity index (χ0n) is 10.3. The van der Waals surface area contributed by atoms with E-state index in [1.165, 1.54) is 0 Å². The molecule has 0 heterocycles. The lowest BCUT2D eigenvalue weighted by Gasteiger charge is -2.20. The number of ether oxygens (including phenoxy) is 1. The Labute approximate surface area is 106 Å². The summed E-state index contributed by atoms with van der Waals surface area (Å²) in [6.45, 7) is -0.126. The summed E-state index contributed by atoms with van der Waals surface area (Å²) < 4.78 is 29.2. The molecule has 0 fully saturated rings. The summed E-state index contributed by atoms with van der Waals surface area (Å²) in [4.78, 5) is 0. The Kier molecular flexibility index (Phi) is 6.16. The van der Waals surface area contributed by atoms with Gasteiger partial charge in [-0.1, -0.05) is 25.1 Å². The number of rotatable bonds is 7. The molecule has 0 bridgehead atoms. The van der Waals surface area contributed by atoms with E-state index in [0.717, 1.165) is 12.1 Å². The van der Waals surface area contributed by atoms with Gasteiger partial charge in [-0.2, -0.15) is 8.78 Å². The van der Waals surface area contributed by atoms with Crippen molar-refractivity contribution in [1.82, 2.24) is 5.32 Å². The lowest BCUT2D eigenvalue weighted by atomic mass is 10.0. The van der Waals surface area contributed by atoms with Crippen LogP contribution in [0.25, 0.3) is 0 Å². The molecule has 1 N–H and O–H groups in total. The van der Waals surface area contributed by atoms with Crippen LogP contribution in [0.5, 0.6) is 5.75 Å². The van der Waals surface area contributed by atoms with Crippen molar-refractivity contribution in [3.05, 3.63) is 29.8 Å². The summed E-state index contributed by atoms with van der Waals surface area (Å²) in [5.74, 6) is 2.76. The molecule has 4 heteroatoms. The van der Waals surface area contributed by atoms with Crippen LogP contribution in [0.3, 0.4) is 0 Å². The Bertz CT molecular complexity index is 401. The van der Waals surface area contributed by atoms with Crippen LogP contribution in [0.4, 0.5) is 8.78 Å². The van der Waals surface area contributed by atoms with Gasteiger partial charge in [0.15, 0.2) is 0 Å². The molecule has 0 aromatic heterocycles. The van der Waals surface area contributed by atoms with Crippen LogP contribution in [0, 0.1) is 12.3 Å². The topological polar surface area (TPSA) is 21.3 Å². The first-order chi connectivity index (χ1) is 8.69.